The lowest BCUT2D eigenvalue weighted by atomic mass is 10.0. The van der Waals surface area contributed by atoms with Gasteiger partial charge in [0.05, 0.1) is 34.4 Å². The minimum atomic E-state index is -0.876. The largest absolute Gasteiger partial charge is 0.477 e. The molecular weight excluding hydrogens is 787 g/mol. The van der Waals surface area contributed by atoms with E-state index in [-0.39, 0.29) is 36.2 Å². The SMILES string of the molecule is CC/C=C/C/C=C/CCCCCCCCCCCCCCCCC(=O)OCC(COCCC(C(=O)O)[N+](C)(C)C)OC(=O)CCCCCCC/C=C/C=C/CCCCCCCCC. The van der Waals surface area contributed by atoms with Crippen molar-refractivity contribution in [1.29, 1.82) is 0 Å². The molecule has 0 saturated carbocycles. The first-order chi connectivity index (χ1) is 30.6. The van der Waals surface area contributed by atoms with Gasteiger partial charge in [0, 0.05) is 19.3 Å². The zero-order chi connectivity index (χ0) is 46.3. The van der Waals surface area contributed by atoms with Gasteiger partial charge in [0.15, 0.2) is 12.1 Å². The average molecular weight is 887 g/mol. The number of nitrogens with zero attached hydrogens (tertiary/aromatic N) is 1. The van der Waals surface area contributed by atoms with E-state index in [1.54, 1.807) is 0 Å². The van der Waals surface area contributed by atoms with E-state index in [1.165, 1.54) is 128 Å². The van der Waals surface area contributed by atoms with Crippen molar-refractivity contribution in [2.24, 2.45) is 0 Å². The van der Waals surface area contributed by atoms with Crippen molar-refractivity contribution >= 4 is 17.9 Å². The van der Waals surface area contributed by atoms with Crippen LogP contribution in [0.15, 0.2) is 48.6 Å². The summed E-state index contributed by atoms with van der Waals surface area (Å²) in [6.45, 7) is 4.64. The summed E-state index contributed by atoms with van der Waals surface area (Å²) in [5.74, 6) is -1.48. The standard InChI is InChI=1S/C55H99NO7/c1-6-8-10-12-14-16-18-20-22-24-26-27-28-30-31-33-35-37-39-41-43-45-53(57)62-50-51(49-61-48-47-52(55(59)60)56(3,4)5)63-54(58)46-44-42-40-38-36-34-32-29-25-23-21-19-17-15-13-11-9-7-2/h8,10,14,16,23,25,29,32,51-52H,6-7,9,11-13,15,17-22,24,26-28,30-31,33-50H2,1-5H3/p+1/b10-8+,16-14+,25-23+,32-29+. The monoisotopic (exact) mass is 887 g/mol. The van der Waals surface area contributed by atoms with Crippen molar-refractivity contribution in [2.45, 2.75) is 244 Å². The number of hydrogen-bond acceptors (Lipinski definition) is 6. The molecule has 2 unspecified atom stereocenters. The van der Waals surface area contributed by atoms with E-state index in [9.17, 15) is 19.5 Å². The topological polar surface area (TPSA) is 99.1 Å². The maximum Gasteiger partial charge on any atom is 0.362 e. The van der Waals surface area contributed by atoms with Gasteiger partial charge in [-0.15, -0.1) is 0 Å². The highest BCUT2D eigenvalue weighted by molar-refractivity contribution is 5.72. The molecule has 8 heteroatoms. The van der Waals surface area contributed by atoms with E-state index in [0.29, 0.717) is 19.3 Å². The fourth-order valence-electron chi connectivity index (χ4n) is 7.71. The molecule has 0 aromatic carbocycles. The van der Waals surface area contributed by atoms with Gasteiger partial charge in [0.2, 0.25) is 0 Å². The number of likely N-dealkylation sites (N-methyl/N-ethyl adjacent to an activating group) is 1. The number of quaternary nitrogens is 1. The van der Waals surface area contributed by atoms with Gasteiger partial charge in [-0.1, -0.05) is 197 Å². The van der Waals surface area contributed by atoms with E-state index in [0.717, 1.165) is 70.6 Å². The van der Waals surface area contributed by atoms with Gasteiger partial charge in [-0.3, -0.25) is 9.59 Å². The quantitative estimate of drug-likeness (QED) is 0.0214. The molecule has 0 aliphatic heterocycles. The van der Waals surface area contributed by atoms with Crippen LogP contribution in [0, 0.1) is 0 Å². The highest BCUT2D eigenvalue weighted by Crippen LogP contribution is 2.16. The summed E-state index contributed by atoms with van der Waals surface area (Å²) in [7, 11) is 5.53. The second kappa shape index (κ2) is 45.8. The first-order valence-electron chi connectivity index (χ1n) is 26.2. The zero-order valence-electron chi connectivity index (χ0n) is 41.8. The highest BCUT2D eigenvalue weighted by atomic mass is 16.6. The number of carbonyl (C=O) groups excluding carboxylic acids is 2. The fourth-order valence-corrected chi connectivity index (χ4v) is 7.71. The van der Waals surface area contributed by atoms with Crippen LogP contribution >= 0.6 is 0 Å². The van der Waals surface area contributed by atoms with Crippen LogP contribution in [-0.2, 0) is 28.6 Å². The number of rotatable bonds is 47. The Morgan fingerprint density at radius 3 is 1.40 bits per heavy atom. The summed E-state index contributed by atoms with van der Waals surface area (Å²) in [5, 5.41) is 9.66. The van der Waals surface area contributed by atoms with E-state index in [4.69, 9.17) is 14.2 Å². The van der Waals surface area contributed by atoms with E-state index < -0.39 is 18.1 Å². The van der Waals surface area contributed by atoms with Crippen molar-refractivity contribution in [3.05, 3.63) is 48.6 Å². The van der Waals surface area contributed by atoms with Crippen LogP contribution in [0.1, 0.15) is 232 Å². The lowest BCUT2D eigenvalue weighted by molar-refractivity contribution is -0.887. The molecule has 0 aromatic heterocycles. The Morgan fingerprint density at radius 1 is 0.508 bits per heavy atom. The number of carboxylic acids is 1. The smallest absolute Gasteiger partial charge is 0.362 e. The van der Waals surface area contributed by atoms with Crippen LogP contribution < -0.4 is 0 Å². The molecule has 0 rings (SSSR count). The molecule has 2 atom stereocenters. The summed E-state index contributed by atoms with van der Waals surface area (Å²) in [6.07, 6.45) is 55.9. The van der Waals surface area contributed by atoms with Crippen molar-refractivity contribution in [1.82, 2.24) is 0 Å². The molecule has 8 nitrogen and oxygen atoms in total. The summed E-state index contributed by atoms with van der Waals surface area (Å²) in [4.78, 5) is 37.2. The molecular formula is C55H100NO7+. The maximum atomic E-state index is 12.8. The predicted octanol–water partition coefficient (Wildman–Crippen LogP) is 15.1. The molecule has 0 bridgehead atoms. The van der Waals surface area contributed by atoms with Gasteiger partial charge < -0.3 is 23.8 Å². The molecule has 0 aliphatic carbocycles. The maximum absolute atomic E-state index is 12.8. The number of esters is 2. The molecule has 0 fully saturated rings. The fraction of sp³-hybridized carbons (Fsp3) is 0.800. The molecule has 0 heterocycles. The number of hydrogen-bond donors (Lipinski definition) is 1. The Balaban J connectivity index is 4.23. The molecule has 0 amide bonds. The van der Waals surface area contributed by atoms with Crippen molar-refractivity contribution < 1.29 is 38.2 Å². The molecule has 0 aliphatic rings. The third kappa shape index (κ3) is 44.3. The van der Waals surface area contributed by atoms with Crippen LogP contribution in [0.2, 0.25) is 0 Å². The molecule has 63 heavy (non-hydrogen) atoms. The Morgan fingerprint density at radius 2 is 0.937 bits per heavy atom. The van der Waals surface area contributed by atoms with Crippen LogP contribution in [-0.4, -0.2) is 80.6 Å². The Labute approximate surface area is 388 Å². The first-order valence-corrected chi connectivity index (χ1v) is 26.2. The normalized spacial score (nSPS) is 13.2. The summed E-state index contributed by atoms with van der Waals surface area (Å²) >= 11 is 0. The zero-order valence-corrected chi connectivity index (χ0v) is 41.8. The average Bonchev–Trinajstić information content (AvgIpc) is 3.24. The van der Waals surface area contributed by atoms with Gasteiger partial charge in [0.25, 0.3) is 0 Å². The lowest BCUT2D eigenvalue weighted by Gasteiger charge is -2.31. The third-order valence-electron chi connectivity index (χ3n) is 11.7. The minimum absolute atomic E-state index is 0.0557. The van der Waals surface area contributed by atoms with Crippen molar-refractivity contribution in [3.63, 3.8) is 0 Å². The van der Waals surface area contributed by atoms with Gasteiger partial charge >= 0.3 is 17.9 Å². The second-order valence-corrected chi connectivity index (χ2v) is 18.8. The second-order valence-electron chi connectivity index (χ2n) is 18.8. The number of carbonyl (C=O) groups is 3. The molecule has 1 N–H and O–H groups in total. The summed E-state index contributed by atoms with van der Waals surface area (Å²) in [5.41, 5.74) is 0. The number of ether oxygens (including phenoxy) is 3. The minimum Gasteiger partial charge on any atom is -0.477 e. The third-order valence-corrected chi connectivity index (χ3v) is 11.7. The van der Waals surface area contributed by atoms with Crippen LogP contribution in [0.3, 0.4) is 0 Å². The Bertz CT molecular complexity index is 1170. The molecule has 0 radical (unpaired) electrons. The van der Waals surface area contributed by atoms with E-state index in [2.05, 4.69) is 62.5 Å². The number of allylic oxidation sites excluding steroid dienone is 8. The van der Waals surface area contributed by atoms with Crippen LogP contribution in [0.5, 0.6) is 0 Å². The van der Waals surface area contributed by atoms with Gasteiger partial charge in [-0.2, -0.15) is 0 Å². The van der Waals surface area contributed by atoms with Gasteiger partial charge in [0.1, 0.15) is 6.61 Å². The number of carboxylic acid groups (broad SMARTS) is 1. The Hall–Kier alpha value is -2.71. The van der Waals surface area contributed by atoms with E-state index in [1.807, 2.05) is 21.1 Å². The molecule has 366 valence electrons. The Kier molecular flexibility index (Phi) is 43.9. The van der Waals surface area contributed by atoms with Crippen LogP contribution in [0.4, 0.5) is 0 Å². The summed E-state index contributed by atoms with van der Waals surface area (Å²) in [6, 6.07) is -0.618. The molecule has 0 saturated heterocycles. The molecule has 0 spiro atoms. The van der Waals surface area contributed by atoms with Crippen molar-refractivity contribution in [3.8, 4) is 0 Å². The molecule has 0 aromatic rings. The van der Waals surface area contributed by atoms with Gasteiger partial charge in [-0.25, -0.2) is 4.79 Å². The van der Waals surface area contributed by atoms with E-state index >= 15 is 0 Å². The van der Waals surface area contributed by atoms with Crippen molar-refractivity contribution in [2.75, 3.05) is 41.0 Å². The van der Waals surface area contributed by atoms with Gasteiger partial charge in [-0.05, 0) is 64.2 Å². The number of unbranched alkanes of at least 4 members (excludes halogenated alkanes) is 26. The lowest BCUT2D eigenvalue weighted by Crippen LogP contribution is -2.50. The van der Waals surface area contributed by atoms with Crippen LogP contribution in [0.25, 0.3) is 0 Å². The number of aliphatic carboxylic acids is 1. The highest BCUT2D eigenvalue weighted by Gasteiger charge is 2.31. The predicted molar refractivity (Wildman–Crippen MR) is 266 cm³/mol. The first kappa shape index (κ1) is 60.3. The summed E-state index contributed by atoms with van der Waals surface area (Å²) < 4.78 is 17.4.